The standard InChI is InChI=1S/C12H14FN3O/c1-2-3-16-11(7-15-12(16)14)8-4-9(13)6-10(17)5-8/h2,4-6,11,17H,1,3,7H2,(H2,14,15). The smallest absolute Gasteiger partial charge is 0.192 e. The van der Waals surface area contributed by atoms with Crippen molar-refractivity contribution in [1.82, 2.24) is 4.90 Å². The first-order valence-corrected chi connectivity index (χ1v) is 5.28. The second kappa shape index (κ2) is 4.45. The lowest BCUT2D eigenvalue weighted by molar-refractivity contribution is 0.376. The molecule has 0 saturated heterocycles. The first kappa shape index (κ1) is 11.4. The van der Waals surface area contributed by atoms with E-state index >= 15 is 0 Å². The van der Waals surface area contributed by atoms with Crippen molar-refractivity contribution in [2.45, 2.75) is 6.04 Å². The predicted molar refractivity (Wildman–Crippen MR) is 64.2 cm³/mol. The SMILES string of the molecule is C=CCN1C(N)=NCC1c1cc(O)cc(F)c1. The lowest BCUT2D eigenvalue weighted by Gasteiger charge is -2.25. The van der Waals surface area contributed by atoms with E-state index in [9.17, 15) is 9.50 Å². The molecule has 1 aliphatic rings. The van der Waals surface area contributed by atoms with Crippen LogP contribution in [-0.4, -0.2) is 29.1 Å². The number of benzene rings is 1. The summed E-state index contributed by atoms with van der Waals surface area (Å²) in [6.07, 6.45) is 1.71. The molecule has 1 aliphatic heterocycles. The number of nitrogens with two attached hydrogens (primary N) is 1. The summed E-state index contributed by atoms with van der Waals surface area (Å²) in [7, 11) is 0. The van der Waals surface area contributed by atoms with Gasteiger partial charge in [-0.3, -0.25) is 4.99 Å². The molecule has 0 bridgehead atoms. The molecule has 2 rings (SSSR count). The minimum Gasteiger partial charge on any atom is -0.508 e. The molecule has 1 atom stereocenters. The third-order valence-corrected chi connectivity index (χ3v) is 2.71. The second-order valence-electron chi connectivity index (χ2n) is 3.90. The summed E-state index contributed by atoms with van der Waals surface area (Å²) >= 11 is 0. The quantitative estimate of drug-likeness (QED) is 0.778. The predicted octanol–water partition coefficient (Wildman–Crippen LogP) is 1.39. The molecule has 1 heterocycles. The highest BCUT2D eigenvalue weighted by Gasteiger charge is 2.27. The van der Waals surface area contributed by atoms with Crippen LogP contribution in [0.4, 0.5) is 4.39 Å². The molecule has 3 N–H and O–H groups in total. The number of halogens is 1. The van der Waals surface area contributed by atoms with Crippen molar-refractivity contribution in [3.63, 3.8) is 0 Å². The fourth-order valence-electron chi connectivity index (χ4n) is 1.96. The van der Waals surface area contributed by atoms with E-state index in [1.54, 1.807) is 6.08 Å². The Kier molecular flexibility index (Phi) is 2.99. The third kappa shape index (κ3) is 2.22. The van der Waals surface area contributed by atoms with Crippen molar-refractivity contribution >= 4 is 5.96 Å². The van der Waals surface area contributed by atoms with Crippen LogP contribution in [0.2, 0.25) is 0 Å². The van der Waals surface area contributed by atoms with E-state index in [0.717, 1.165) is 6.07 Å². The van der Waals surface area contributed by atoms with Gasteiger partial charge in [-0.2, -0.15) is 0 Å². The van der Waals surface area contributed by atoms with E-state index in [4.69, 9.17) is 5.73 Å². The second-order valence-corrected chi connectivity index (χ2v) is 3.90. The Labute approximate surface area is 98.9 Å². The van der Waals surface area contributed by atoms with Crippen LogP contribution >= 0.6 is 0 Å². The molecular formula is C12H14FN3O. The molecule has 0 spiro atoms. The van der Waals surface area contributed by atoms with Crippen LogP contribution in [0.3, 0.4) is 0 Å². The van der Waals surface area contributed by atoms with E-state index in [0.29, 0.717) is 24.6 Å². The minimum atomic E-state index is -0.468. The maximum atomic E-state index is 13.2. The largest absolute Gasteiger partial charge is 0.508 e. The van der Waals surface area contributed by atoms with E-state index in [1.807, 2.05) is 4.90 Å². The highest BCUT2D eigenvalue weighted by atomic mass is 19.1. The number of phenols is 1. The molecule has 0 saturated carbocycles. The maximum absolute atomic E-state index is 13.2. The molecule has 17 heavy (non-hydrogen) atoms. The van der Waals surface area contributed by atoms with Gasteiger partial charge in [0.2, 0.25) is 0 Å². The van der Waals surface area contributed by atoms with Gasteiger partial charge in [-0.25, -0.2) is 4.39 Å². The van der Waals surface area contributed by atoms with Gasteiger partial charge >= 0.3 is 0 Å². The van der Waals surface area contributed by atoms with Crippen molar-refractivity contribution < 1.29 is 9.50 Å². The zero-order valence-electron chi connectivity index (χ0n) is 9.31. The van der Waals surface area contributed by atoms with Gasteiger partial charge in [-0.1, -0.05) is 6.08 Å². The van der Waals surface area contributed by atoms with Crippen LogP contribution in [0.5, 0.6) is 5.75 Å². The van der Waals surface area contributed by atoms with Crippen molar-refractivity contribution in [2.75, 3.05) is 13.1 Å². The van der Waals surface area contributed by atoms with Crippen molar-refractivity contribution in [3.05, 3.63) is 42.2 Å². The van der Waals surface area contributed by atoms with E-state index < -0.39 is 5.82 Å². The Bertz CT molecular complexity index is 453. The number of aromatic hydroxyl groups is 1. The zero-order chi connectivity index (χ0) is 12.4. The lowest BCUT2D eigenvalue weighted by Crippen LogP contribution is -2.36. The molecule has 4 nitrogen and oxygen atoms in total. The summed E-state index contributed by atoms with van der Waals surface area (Å²) in [5.41, 5.74) is 6.40. The Morgan fingerprint density at radius 2 is 2.35 bits per heavy atom. The maximum Gasteiger partial charge on any atom is 0.192 e. The number of phenolic OH excluding ortho intramolecular Hbond substituents is 1. The number of hydrogen-bond acceptors (Lipinski definition) is 4. The van der Waals surface area contributed by atoms with Gasteiger partial charge < -0.3 is 15.7 Å². The summed E-state index contributed by atoms with van der Waals surface area (Å²) < 4.78 is 13.2. The molecule has 1 aromatic rings. The summed E-state index contributed by atoms with van der Waals surface area (Å²) in [5, 5.41) is 9.39. The average Bonchev–Trinajstić information content (AvgIpc) is 2.60. The first-order valence-electron chi connectivity index (χ1n) is 5.28. The fourth-order valence-corrected chi connectivity index (χ4v) is 1.96. The fraction of sp³-hybridized carbons (Fsp3) is 0.250. The van der Waals surface area contributed by atoms with Crippen molar-refractivity contribution in [1.29, 1.82) is 0 Å². The summed E-state index contributed by atoms with van der Waals surface area (Å²) in [5.74, 6) is -0.147. The first-order chi connectivity index (χ1) is 8.11. The van der Waals surface area contributed by atoms with E-state index in [2.05, 4.69) is 11.6 Å². The van der Waals surface area contributed by atoms with Crippen LogP contribution in [-0.2, 0) is 0 Å². The van der Waals surface area contributed by atoms with Crippen LogP contribution in [0, 0.1) is 5.82 Å². The molecule has 90 valence electrons. The highest BCUT2D eigenvalue weighted by Crippen LogP contribution is 2.28. The third-order valence-electron chi connectivity index (χ3n) is 2.71. The van der Waals surface area contributed by atoms with Gasteiger partial charge in [0.05, 0.1) is 12.6 Å². The Hall–Kier alpha value is -2.04. The Morgan fingerprint density at radius 1 is 1.59 bits per heavy atom. The van der Waals surface area contributed by atoms with Gasteiger partial charge in [0.15, 0.2) is 5.96 Å². The topological polar surface area (TPSA) is 61.8 Å². The number of guanidine groups is 1. The molecule has 0 aliphatic carbocycles. The van der Waals surface area contributed by atoms with Crippen LogP contribution < -0.4 is 5.73 Å². The van der Waals surface area contributed by atoms with E-state index in [-0.39, 0.29) is 11.8 Å². The molecule has 0 radical (unpaired) electrons. The number of rotatable bonds is 3. The number of nitrogens with zero attached hydrogens (tertiary/aromatic N) is 2. The molecular weight excluding hydrogens is 221 g/mol. The molecule has 0 amide bonds. The summed E-state index contributed by atoms with van der Waals surface area (Å²) in [6, 6.07) is 3.84. The monoisotopic (exact) mass is 235 g/mol. The van der Waals surface area contributed by atoms with Gasteiger partial charge in [-0.15, -0.1) is 6.58 Å². The minimum absolute atomic E-state index is 0.0935. The molecule has 1 unspecified atom stereocenters. The molecule has 5 heteroatoms. The van der Waals surface area contributed by atoms with Crippen molar-refractivity contribution in [2.24, 2.45) is 10.7 Å². The van der Waals surface area contributed by atoms with Gasteiger partial charge in [0, 0.05) is 12.6 Å². The summed E-state index contributed by atoms with van der Waals surface area (Å²) in [4.78, 5) is 5.94. The molecule has 1 aromatic carbocycles. The summed E-state index contributed by atoms with van der Waals surface area (Å²) in [6.45, 7) is 4.65. The van der Waals surface area contributed by atoms with Crippen LogP contribution in [0.25, 0.3) is 0 Å². The highest BCUT2D eigenvalue weighted by molar-refractivity contribution is 5.80. The van der Waals surface area contributed by atoms with Gasteiger partial charge in [0.1, 0.15) is 11.6 Å². The Balaban J connectivity index is 2.30. The average molecular weight is 235 g/mol. The zero-order valence-corrected chi connectivity index (χ0v) is 9.31. The normalized spacial score (nSPS) is 19.2. The van der Waals surface area contributed by atoms with Crippen LogP contribution in [0.15, 0.2) is 35.8 Å². The van der Waals surface area contributed by atoms with E-state index in [1.165, 1.54) is 12.1 Å². The Morgan fingerprint density at radius 3 is 3.00 bits per heavy atom. The molecule has 0 aromatic heterocycles. The van der Waals surface area contributed by atoms with Gasteiger partial charge in [0.25, 0.3) is 0 Å². The van der Waals surface area contributed by atoms with Crippen molar-refractivity contribution in [3.8, 4) is 5.75 Å². The number of hydrogen-bond donors (Lipinski definition) is 2. The van der Waals surface area contributed by atoms with Gasteiger partial charge in [-0.05, 0) is 17.7 Å². The van der Waals surface area contributed by atoms with Crippen LogP contribution in [0.1, 0.15) is 11.6 Å². The number of aliphatic imine (C=N–C) groups is 1. The lowest BCUT2D eigenvalue weighted by atomic mass is 10.1. The molecule has 0 fully saturated rings.